The summed E-state index contributed by atoms with van der Waals surface area (Å²) in [6, 6.07) is 3.34. The van der Waals surface area contributed by atoms with Crippen molar-refractivity contribution in [3.05, 3.63) is 57.3 Å². The summed E-state index contributed by atoms with van der Waals surface area (Å²) in [6.45, 7) is 0. The maximum atomic E-state index is 13.5. The van der Waals surface area contributed by atoms with E-state index in [4.69, 9.17) is 23.2 Å². The number of sulfonamides is 1. The van der Waals surface area contributed by atoms with E-state index in [9.17, 15) is 30.4 Å². The molecule has 0 bridgehead atoms. The second-order valence-corrected chi connectivity index (χ2v) is 6.74. The summed E-state index contributed by atoms with van der Waals surface area (Å²) in [6.07, 6.45) is 0. The van der Waals surface area contributed by atoms with Crippen molar-refractivity contribution >= 4 is 38.9 Å². The van der Waals surface area contributed by atoms with Crippen LogP contribution >= 0.6 is 23.2 Å². The van der Waals surface area contributed by atoms with Gasteiger partial charge in [0.05, 0.1) is 5.02 Å². The van der Waals surface area contributed by atoms with Crippen LogP contribution < -0.4 is 10.3 Å². The number of halogens is 7. The second kappa shape index (κ2) is 6.71. The van der Waals surface area contributed by atoms with Crippen molar-refractivity contribution in [3.63, 3.8) is 0 Å². The van der Waals surface area contributed by atoms with Crippen LogP contribution in [-0.4, -0.2) is 8.42 Å². The van der Waals surface area contributed by atoms with Crippen molar-refractivity contribution in [2.24, 2.45) is 0 Å². The Labute approximate surface area is 142 Å². The molecule has 12 heteroatoms. The highest BCUT2D eigenvalue weighted by Gasteiger charge is 2.27. The molecule has 24 heavy (non-hydrogen) atoms. The molecule has 0 saturated carbocycles. The summed E-state index contributed by atoms with van der Waals surface area (Å²) in [7, 11) is -4.53. The molecule has 0 atom stereocenters. The third-order valence-corrected chi connectivity index (χ3v) is 4.67. The lowest BCUT2D eigenvalue weighted by Crippen LogP contribution is -2.31. The van der Waals surface area contributed by atoms with Gasteiger partial charge in [0.2, 0.25) is 5.82 Å². The van der Waals surface area contributed by atoms with Gasteiger partial charge in [0.15, 0.2) is 23.3 Å². The summed E-state index contributed by atoms with van der Waals surface area (Å²) < 4.78 is 89.9. The molecule has 0 saturated heterocycles. The van der Waals surface area contributed by atoms with Crippen molar-refractivity contribution in [1.82, 2.24) is 4.83 Å². The van der Waals surface area contributed by atoms with Crippen LogP contribution in [0.25, 0.3) is 0 Å². The first kappa shape index (κ1) is 18.7. The predicted octanol–water partition coefficient (Wildman–Crippen LogP) is 3.99. The fourth-order valence-electron chi connectivity index (χ4n) is 1.57. The van der Waals surface area contributed by atoms with Crippen molar-refractivity contribution < 1.29 is 30.4 Å². The van der Waals surface area contributed by atoms with Gasteiger partial charge in [-0.3, -0.25) is 0 Å². The minimum atomic E-state index is -4.53. The van der Waals surface area contributed by atoms with Gasteiger partial charge in [-0.05, 0) is 18.2 Å². The monoisotopic (exact) mass is 406 g/mol. The maximum Gasteiger partial charge on any atom is 0.258 e. The third kappa shape index (κ3) is 3.41. The first-order valence-electron chi connectivity index (χ1n) is 5.80. The summed E-state index contributed by atoms with van der Waals surface area (Å²) in [5, 5.41) is -0.304. The summed E-state index contributed by atoms with van der Waals surface area (Å²) in [5.41, 5.74) is -0.137. The van der Waals surface area contributed by atoms with Crippen molar-refractivity contribution in [3.8, 4) is 0 Å². The Bertz CT molecular complexity index is 895. The van der Waals surface area contributed by atoms with Gasteiger partial charge in [0, 0.05) is 5.02 Å². The van der Waals surface area contributed by atoms with Crippen LogP contribution in [0.3, 0.4) is 0 Å². The molecule has 0 fully saturated rings. The molecule has 0 unspecified atom stereocenters. The topological polar surface area (TPSA) is 58.2 Å². The Hall–Kier alpha value is -1.62. The summed E-state index contributed by atoms with van der Waals surface area (Å²) in [4.78, 5) is 0.883. The van der Waals surface area contributed by atoms with E-state index < -0.39 is 49.7 Å². The molecular weight excluding hydrogens is 402 g/mol. The lowest BCUT2D eigenvalue weighted by Gasteiger charge is -2.13. The maximum absolute atomic E-state index is 13.5. The Balaban J connectivity index is 2.39. The Morgan fingerprint density at radius 2 is 1.33 bits per heavy atom. The molecule has 0 aliphatic rings. The average molecular weight is 407 g/mol. The molecule has 2 aromatic carbocycles. The largest absolute Gasteiger partial charge is 0.302 e. The standard InChI is InChI=1S/C12H5Cl2F5N2O2S/c13-4-1-2-5(14)6(3-4)24(22,23)21-20-12-10(18)8(16)7(15)9(17)11(12)19/h1-3,20-21H. The lowest BCUT2D eigenvalue weighted by molar-refractivity contribution is 0.381. The Morgan fingerprint density at radius 3 is 1.88 bits per heavy atom. The van der Waals surface area contributed by atoms with Crippen LogP contribution in [0.5, 0.6) is 0 Å². The van der Waals surface area contributed by atoms with Crippen LogP contribution in [-0.2, 0) is 10.0 Å². The van der Waals surface area contributed by atoms with Crippen LogP contribution in [0.4, 0.5) is 27.6 Å². The normalized spacial score (nSPS) is 11.6. The van der Waals surface area contributed by atoms with Crippen molar-refractivity contribution in [1.29, 1.82) is 0 Å². The number of hydrazine groups is 1. The zero-order valence-corrected chi connectivity index (χ0v) is 13.4. The van der Waals surface area contributed by atoms with Gasteiger partial charge in [0.1, 0.15) is 10.6 Å². The van der Waals surface area contributed by atoms with Crippen molar-refractivity contribution in [2.75, 3.05) is 5.43 Å². The molecule has 0 radical (unpaired) electrons. The summed E-state index contributed by atoms with van der Waals surface area (Å²) >= 11 is 11.3. The van der Waals surface area contributed by atoms with Crippen LogP contribution in [0.1, 0.15) is 0 Å². The highest BCUT2D eigenvalue weighted by atomic mass is 35.5. The van der Waals surface area contributed by atoms with Crippen LogP contribution in [0.15, 0.2) is 23.1 Å². The quantitative estimate of drug-likeness (QED) is 0.349. The fourth-order valence-corrected chi connectivity index (χ4v) is 3.18. The van der Waals surface area contributed by atoms with E-state index in [-0.39, 0.29) is 10.0 Å². The number of rotatable bonds is 4. The predicted molar refractivity (Wildman–Crippen MR) is 76.6 cm³/mol. The second-order valence-electron chi connectivity index (χ2n) is 4.25. The van der Waals surface area contributed by atoms with Gasteiger partial charge in [-0.2, -0.15) is 0 Å². The van der Waals surface area contributed by atoms with Gasteiger partial charge in [-0.1, -0.05) is 23.2 Å². The molecule has 0 aliphatic heterocycles. The minimum Gasteiger partial charge on any atom is -0.302 e. The van der Waals surface area contributed by atoms with Crippen molar-refractivity contribution in [2.45, 2.75) is 4.90 Å². The van der Waals surface area contributed by atoms with Gasteiger partial charge < -0.3 is 5.43 Å². The third-order valence-electron chi connectivity index (χ3n) is 2.70. The minimum absolute atomic E-state index is 0.0176. The van der Waals surface area contributed by atoms with E-state index in [2.05, 4.69) is 0 Å². The van der Waals surface area contributed by atoms with E-state index in [1.807, 2.05) is 0 Å². The molecule has 0 aromatic heterocycles. The van der Waals surface area contributed by atoms with Gasteiger partial charge in [0.25, 0.3) is 10.0 Å². The highest BCUT2D eigenvalue weighted by Crippen LogP contribution is 2.28. The fraction of sp³-hybridized carbons (Fsp3) is 0. The first-order valence-corrected chi connectivity index (χ1v) is 8.04. The van der Waals surface area contributed by atoms with Gasteiger partial charge in [-0.25, -0.2) is 30.4 Å². The molecule has 0 amide bonds. The number of anilines is 1. The molecule has 130 valence electrons. The average Bonchev–Trinajstić information content (AvgIpc) is 2.53. The van der Waals surface area contributed by atoms with E-state index in [1.54, 1.807) is 0 Å². The van der Waals surface area contributed by atoms with E-state index in [0.29, 0.717) is 0 Å². The summed E-state index contributed by atoms with van der Waals surface area (Å²) in [5.74, 6) is -11.3. The number of nitrogens with one attached hydrogen (secondary N) is 2. The molecule has 2 aromatic rings. The molecule has 2 rings (SSSR count). The highest BCUT2D eigenvalue weighted by molar-refractivity contribution is 7.89. The molecular formula is C12H5Cl2F5N2O2S. The zero-order valence-electron chi connectivity index (χ0n) is 11.1. The lowest BCUT2D eigenvalue weighted by atomic mass is 10.2. The molecule has 0 aliphatic carbocycles. The molecule has 4 nitrogen and oxygen atoms in total. The zero-order chi connectivity index (χ0) is 18.2. The van der Waals surface area contributed by atoms with E-state index >= 15 is 0 Å². The van der Waals surface area contributed by atoms with E-state index in [1.165, 1.54) is 16.3 Å². The number of hydrogen-bond donors (Lipinski definition) is 2. The SMILES string of the molecule is O=S(=O)(NNc1c(F)c(F)c(F)c(F)c1F)c1cc(Cl)ccc1Cl. The number of benzene rings is 2. The molecule has 0 heterocycles. The van der Waals surface area contributed by atoms with Gasteiger partial charge >= 0.3 is 0 Å². The molecule has 0 spiro atoms. The van der Waals surface area contributed by atoms with E-state index in [0.717, 1.165) is 12.1 Å². The Morgan fingerprint density at radius 1 is 0.833 bits per heavy atom. The Kier molecular flexibility index (Phi) is 5.23. The van der Waals surface area contributed by atoms with Gasteiger partial charge in [-0.15, -0.1) is 4.83 Å². The van der Waals surface area contributed by atoms with Crippen LogP contribution in [0, 0.1) is 29.1 Å². The molecule has 2 N–H and O–H groups in total. The smallest absolute Gasteiger partial charge is 0.258 e. The number of hydrogen-bond acceptors (Lipinski definition) is 3. The first-order chi connectivity index (χ1) is 11.1. The van der Waals surface area contributed by atoms with Crippen LogP contribution in [0.2, 0.25) is 10.0 Å².